The average Bonchev–Trinajstić information content (AvgIpc) is 2.50. The van der Waals surface area contributed by atoms with Gasteiger partial charge in [-0.05, 0) is 33.8 Å². The summed E-state index contributed by atoms with van der Waals surface area (Å²) >= 11 is 0. The molecule has 0 fully saturated rings. The van der Waals surface area contributed by atoms with Gasteiger partial charge in [-0.1, -0.05) is 18.2 Å². The predicted molar refractivity (Wildman–Crippen MR) is 92.6 cm³/mol. The number of aromatic hydroxyl groups is 1. The van der Waals surface area contributed by atoms with Crippen LogP contribution in [-0.4, -0.2) is 31.5 Å². The molecule has 0 aliphatic rings. The van der Waals surface area contributed by atoms with Crippen LogP contribution in [-0.2, 0) is 27.2 Å². The molecule has 0 aliphatic heterocycles. The Morgan fingerprint density at radius 1 is 0.833 bits per heavy atom. The quantitative estimate of drug-likeness (QED) is 0.545. The van der Waals surface area contributed by atoms with E-state index >= 15 is 0 Å². The van der Waals surface area contributed by atoms with Crippen molar-refractivity contribution in [2.75, 3.05) is 26.4 Å². The van der Waals surface area contributed by atoms with Crippen LogP contribution in [0.3, 0.4) is 0 Å². The van der Waals surface area contributed by atoms with Crippen LogP contribution in [0, 0.1) is 0 Å². The molecule has 0 atom stereocenters. The van der Waals surface area contributed by atoms with Gasteiger partial charge in [0.2, 0.25) is 0 Å². The summed E-state index contributed by atoms with van der Waals surface area (Å²) in [6.45, 7) is 6.94. The molecule has 0 saturated carbocycles. The van der Waals surface area contributed by atoms with Crippen molar-refractivity contribution in [1.29, 1.82) is 0 Å². The smallest absolute Gasteiger partial charge is 0.350 e. The molecule has 1 N–H and O–H groups in total. The molecule has 0 heterocycles. The summed E-state index contributed by atoms with van der Waals surface area (Å²) in [6, 6.07) is 6.16. The second-order valence-corrected chi connectivity index (χ2v) is 9.32. The fourth-order valence-corrected chi connectivity index (χ4v) is 7.75. The summed E-state index contributed by atoms with van der Waals surface area (Å²) in [4.78, 5) is 0. The zero-order valence-corrected chi connectivity index (χ0v) is 16.3. The van der Waals surface area contributed by atoms with E-state index in [0.717, 1.165) is 0 Å². The van der Waals surface area contributed by atoms with E-state index in [9.17, 15) is 14.2 Å². The Labute approximate surface area is 143 Å². The van der Waals surface area contributed by atoms with Gasteiger partial charge in [0.15, 0.2) is 5.40 Å². The van der Waals surface area contributed by atoms with Crippen LogP contribution < -0.4 is 0 Å². The number of hydrogen-bond donors (Lipinski definition) is 1. The molecule has 0 spiro atoms. The van der Waals surface area contributed by atoms with Gasteiger partial charge in [0.25, 0.3) is 0 Å². The van der Waals surface area contributed by atoms with Crippen LogP contribution in [0.1, 0.15) is 38.7 Å². The number of rotatable bonds is 11. The van der Waals surface area contributed by atoms with Gasteiger partial charge in [0.05, 0.1) is 26.4 Å². The SMILES string of the molecule is CCOP(=O)(OCC)C(c1ccccc1O)P(=O)(OCC)OCC. The lowest BCUT2D eigenvalue weighted by Crippen LogP contribution is -2.12. The Kier molecular flexibility index (Phi) is 8.65. The molecule has 7 nitrogen and oxygen atoms in total. The van der Waals surface area contributed by atoms with E-state index in [1.54, 1.807) is 39.8 Å². The molecular formula is C15H26O7P2. The molecule has 24 heavy (non-hydrogen) atoms. The van der Waals surface area contributed by atoms with Gasteiger partial charge in [-0.15, -0.1) is 0 Å². The van der Waals surface area contributed by atoms with Crippen molar-refractivity contribution in [3.8, 4) is 5.75 Å². The first kappa shape index (κ1) is 21.4. The van der Waals surface area contributed by atoms with Crippen molar-refractivity contribution < 1.29 is 32.3 Å². The number of phenolic OH excluding ortho intramolecular Hbond substituents is 1. The Bertz CT molecular complexity index is 555. The van der Waals surface area contributed by atoms with Crippen LogP contribution >= 0.6 is 15.2 Å². The first-order chi connectivity index (χ1) is 11.4. The highest BCUT2D eigenvalue weighted by Gasteiger charge is 2.52. The third kappa shape index (κ3) is 4.92. The van der Waals surface area contributed by atoms with E-state index in [4.69, 9.17) is 18.1 Å². The molecule has 1 aromatic carbocycles. The van der Waals surface area contributed by atoms with E-state index in [1.165, 1.54) is 12.1 Å². The topological polar surface area (TPSA) is 91.3 Å². The highest BCUT2D eigenvalue weighted by Crippen LogP contribution is 2.79. The Morgan fingerprint density at radius 3 is 1.54 bits per heavy atom. The summed E-state index contributed by atoms with van der Waals surface area (Å²) in [5.74, 6) is -0.179. The molecule has 0 bridgehead atoms. The van der Waals surface area contributed by atoms with E-state index in [0.29, 0.717) is 0 Å². The van der Waals surface area contributed by atoms with Crippen LogP contribution in [0.25, 0.3) is 0 Å². The third-order valence-electron chi connectivity index (χ3n) is 3.05. The summed E-state index contributed by atoms with van der Waals surface area (Å²) in [7, 11) is -7.86. The van der Waals surface area contributed by atoms with Crippen molar-refractivity contribution in [3.63, 3.8) is 0 Å². The maximum absolute atomic E-state index is 13.4. The van der Waals surface area contributed by atoms with Crippen LogP contribution in [0.4, 0.5) is 0 Å². The van der Waals surface area contributed by atoms with Gasteiger partial charge in [-0.3, -0.25) is 9.13 Å². The monoisotopic (exact) mass is 380 g/mol. The zero-order valence-electron chi connectivity index (χ0n) is 14.5. The molecule has 0 radical (unpaired) electrons. The van der Waals surface area contributed by atoms with Gasteiger partial charge in [-0.25, -0.2) is 0 Å². The molecule has 0 unspecified atom stereocenters. The summed E-state index contributed by atoms with van der Waals surface area (Å²) < 4.78 is 48.2. The van der Waals surface area contributed by atoms with Crippen molar-refractivity contribution in [2.45, 2.75) is 33.1 Å². The number of phenols is 1. The van der Waals surface area contributed by atoms with Crippen molar-refractivity contribution in [3.05, 3.63) is 29.8 Å². The Hall–Kier alpha value is -0.680. The number of para-hydroxylation sites is 1. The van der Waals surface area contributed by atoms with Crippen molar-refractivity contribution >= 4 is 15.2 Å². The molecule has 0 aliphatic carbocycles. The maximum atomic E-state index is 13.4. The average molecular weight is 380 g/mol. The van der Waals surface area contributed by atoms with E-state index in [-0.39, 0.29) is 37.7 Å². The largest absolute Gasteiger partial charge is 0.508 e. The first-order valence-corrected chi connectivity index (χ1v) is 11.2. The molecule has 1 aromatic rings. The van der Waals surface area contributed by atoms with E-state index in [1.807, 2.05) is 0 Å². The normalized spacial score (nSPS) is 12.7. The standard InChI is InChI=1S/C15H26O7P2/c1-5-19-23(17,20-6-2)15(13-11-9-10-12-14(13)16)24(18,21-7-3)22-8-4/h9-12,15-16H,5-8H2,1-4H3. The van der Waals surface area contributed by atoms with Gasteiger partial charge in [-0.2, -0.15) is 0 Å². The molecule has 9 heteroatoms. The van der Waals surface area contributed by atoms with E-state index < -0.39 is 20.6 Å². The minimum Gasteiger partial charge on any atom is -0.508 e. The lowest BCUT2D eigenvalue weighted by atomic mass is 10.2. The third-order valence-corrected chi connectivity index (χ3v) is 8.97. The second kappa shape index (κ2) is 9.71. The fraction of sp³-hybridized carbons (Fsp3) is 0.600. The molecule has 1 rings (SSSR count). The minimum atomic E-state index is -3.93. The lowest BCUT2D eigenvalue weighted by molar-refractivity contribution is 0.195. The molecule has 0 aromatic heterocycles. The zero-order chi connectivity index (χ0) is 18.2. The molecule has 138 valence electrons. The maximum Gasteiger partial charge on any atom is 0.350 e. The molecular weight excluding hydrogens is 354 g/mol. The van der Waals surface area contributed by atoms with Crippen LogP contribution in [0.15, 0.2) is 24.3 Å². The highest BCUT2D eigenvalue weighted by atomic mass is 31.2. The number of benzene rings is 1. The van der Waals surface area contributed by atoms with E-state index in [2.05, 4.69) is 0 Å². The Balaban J connectivity index is 3.59. The van der Waals surface area contributed by atoms with Crippen LogP contribution in [0.5, 0.6) is 5.75 Å². The van der Waals surface area contributed by atoms with Gasteiger partial charge >= 0.3 is 15.2 Å². The minimum absolute atomic E-state index is 0.0830. The predicted octanol–water partition coefficient (Wildman–Crippen LogP) is 4.92. The molecule has 0 saturated heterocycles. The first-order valence-electron chi connectivity index (χ1n) is 7.93. The summed E-state index contributed by atoms with van der Waals surface area (Å²) in [5, 5.41) is 8.85. The summed E-state index contributed by atoms with van der Waals surface area (Å²) in [5.41, 5.74) is 0.146. The van der Waals surface area contributed by atoms with Gasteiger partial charge in [0.1, 0.15) is 5.75 Å². The summed E-state index contributed by atoms with van der Waals surface area (Å²) in [6.07, 6.45) is 0. The molecule has 0 amide bonds. The number of hydrogen-bond acceptors (Lipinski definition) is 7. The van der Waals surface area contributed by atoms with Gasteiger partial charge < -0.3 is 23.2 Å². The lowest BCUT2D eigenvalue weighted by Gasteiger charge is -2.31. The Morgan fingerprint density at radius 2 is 1.21 bits per heavy atom. The van der Waals surface area contributed by atoms with Crippen molar-refractivity contribution in [2.24, 2.45) is 0 Å². The fourth-order valence-electron chi connectivity index (χ4n) is 2.30. The van der Waals surface area contributed by atoms with Crippen molar-refractivity contribution in [1.82, 2.24) is 0 Å². The van der Waals surface area contributed by atoms with Gasteiger partial charge in [0, 0.05) is 5.56 Å². The second-order valence-electron chi connectivity index (χ2n) is 4.68. The van der Waals surface area contributed by atoms with Crippen LogP contribution in [0.2, 0.25) is 0 Å². The highest BCUT2D eigenvalue weighted by molar-refractivity contribution is 7.72.